The molecule has 0 aliphatic heterocycles. The molecule has 1 aromatic rings. The Kier molecular flexibility index (Phi) is 5.54. The molecule has 1 aromatic carbocycles. The van der Waals surface area contributed by atoms with Crippen LogP contribution in [0.25, 0.3) is 0 Å². The molecule has 1 atom stereocenters. The van der Waals surface area contributed by atoms with E-state index in [-0.39, 0.29) is 21.7 Å². The van der Waals surface area contributed by atoms with Gasteiger partial charge in [-0.25, -0.2) is 8.42 Å². The van der Waals surface area contributed by atoms with Crippen LogP contribution in [0.2, 0.25) is 0 Å². The van der Waals surface area contributed by atoms with Gasteiger partial charge in [-0.05, 0) is 37.1 Å². The van der Waals surface area contributed by atoms with E-state index in [1.165, 1.54) is 30.7 Å². The molecule has 0 saturated heterocycles. The summed E-state index contributed by atoms with van der Waals surface area (Å²) in [6.45, 7) is 0. The summed E-state index contributed by atoms with van der Waals surface area (Å²) in [6, 6.07) is 7.82. The summed E-state index contributed by atoms with van der Waals surface area (Å²) in [6.07, 6.45) is 5.28. The highest BCUT2D eigenvalue weighted by Crippen LogP contribution is 2.22. The maximum absolute atomic E-state index is 12.2. The lowest BCUT2D eigenvalue weighted by atomic mass is 10.0. The third kappa shape index (κ3) is 4.39. The molecule has 2 rings (SSSR count). The zero-order valence-corrected chi connectivity index (χ0v) is 13.5. The van der Waals surface area contributed by atoms with E-state index in [1.54, 1.807) is 0 Å². The van der Waals surface area contributed by atoms with E-state index >= 15 is 0 Å². The van der Waals surface area contributed by atoms with Crippen molar-refractivity contribution in [2.45, 2.75) is 42.2 Å². The lowest BCUT2D eigenvalue weighted by Crippen LogP contribution is -2.24. The SMILES string of the molecule is N#Cc1ccc(S(=O)(=O)CCS(=O)C2CCCCC2)cc1. The van der Waals surface area contributed by atoms with Crippen molar-refractivity contribution in [2.24, 2.45) is 0 Å². The highest BCUT2D eigenvalue weighted by molar-refractivity contribution is 7.93. The summed E-state index contributed by atoms with van der Waals surface area (Å²) >= 11 is 0. The topological polar surface area (TPSA) is 75.0 Å². The molecular formula is C15H19NO3S2. The zero-order chi connectivity index (χ0) is 15.3. The number of benzene rings is 1. The molecule has 1 aliphatic rings. The standard InChI is InChI=1S/C15H19NO3S2/c16-12-13-6-8-15(9-7-13)21(18,19)11-10-20(17)14-4-2-1-3-5-14/h6-9,14H,1-5,10-11H2. The monoisotopic (exact) mass is 325 g/mol. The van der Waals surface area contributed by atoms with E-state index in [4.69, 9.17) is 5.26 Å². The van der Waals surface area contributed by atoms with Crippen LogP contribution in [0.1, 0.15) is 37.7 Å². The molecule has 0 radical (unpaired) electrons. The maximum atomic E-state index is 12.2. The first-order chi connectivity index (χ1) is 10.0. The van der Waals surface area contributed by atoms with Crippen LogP contribution in [0.4, 0.5) is 0 Å². The van der Waals surface area contributed by atoms with E-state index in [9.17, 15) is 12.6 Å². The summed E-state index contributed by atoms with van der Waals surface area (Å²) in [5, 5.41) is 8.87. The number of hydrogen-bond donors (Lipinski definition) is 0. The molecule has 114 valence electrons. The summed E-state index contributed by atoms with van der Waals surface area (Å²) in [5.74, 6) is 0.106. The molecule has 4 nitrogen and oxygen atoms in total. The Morgan fingerprint density at radius 2 is 1.76 bits per heavy atom. The van der Waals surface area contributed by atoms with Gasteiger partial charge in [-0.15, -0.1) is 0 Å². The van der Waals surface area contributed by atoms with E-state index < -0.39 is 20.6 Å². The second kappa shape index (κ2) is 7.19. The van der Waals surface area contributed by atoms with Crippen LogP contribution in [0.3, 0.4) is 0 Å². The van der Waals surface area contributed by atoms with Gasteiger partial charge in [-0.3, -0.25) is 4.21 Å². The van der Waals surface area contributed by atoms with Gasteiger partial charge in [0.05, 0.1) is 22.3 Å². The molecule has 6 heteroatoms. The van der Waals surface area contributed by atoms with Crippen molar-refractivity contribution in [3.8, 4) is 6.07 Å². The number of nitriles is 1. The van der Waals surface area contributed by atoms with Gasteiger partial charge in [-0.1, -0.05) is 19.3 Å². The summed E-state index contributed by atoms with van der Waals surface area (Å²) in [5.41, 5.74) is 0.430. The Balaban J connectivity index is 1.97. The molecule has 0 bridgehead atoms. The molecule has 1 fully saturated rings. The van der Waals surface area contributed by atoms with Gasteiger partial charge in [0.1, 0.15) is 0 Å². The molecule has 0 amide bonds. The molecule has 1 aliphatic carbocycles. The zero-order valence-electron chi connectivity index (χ0n) is 11.8. The van der Waals surface area contributed by atoms with Crippen LogP contribution in [0, 0.1) is 11.3 Å². The second-order valence-electron chi connectivity index (χ2n) is 5.30. The minimum absolute atomic E-state index is 0.0952. The van der Waals surface area contributed by atoms with Crippen molar-refractivity contribution >= 4 is 20.6 Å². The first-order valence-electron chi connectivity index (χ1n) is 7.13. The van der Waals surface area contributed by atoms with E-state index in [2.05, 4.69) is 0 Å². The fourth-order valence-electron chi connectivity index (χ4n) is 2.54. The van der Waals surface area contributed by atoms with E-state index in [0.29, 0.717) is 5.56 Å². The lowest BCUT2D eigenvalue weighted by Gasteiger charge is -2.20. The van der Waals surface area contributed by atoms with Crippen molar-refractivity contribution in [2.75, 3.05) is 11.5 Å². The quantitative estimate of drug-likeness (QED) is 0.833. The second-order valence-corrected chi connectivity index (χ2v) is 9.25. The molecule has 1 unspecified atom stereocenters. The van der Waals surface area contributed by atoms with Gasteiger partial charge in [0, 0.05) is 21.8 Å². The smallest absolute Gasteiger partial charge is 0.179 e. The first-order valence-corrected chi connectivity index (χ1v) is 10.2. The van der Waals surface area contributed by atoms with Crippen molar-refractivity contribution in [3.05, 3.63) is 29.8 Å². The number of sulfone groups is 1. The number of hydrogen-bond acceptors (Lipinski definition) is 4. The largest absolute Gasteiger partial charge is 0.259 e. The molecular weight excluding hydrogens is 306 g/mol. The van der Waals surface area contributed by atoms with Crippen LogP contribution < -0.4 is 0 Å². The Morgan fingerprint density at radius 1 is 1.14 bits per heavy atom. The first kappa shape index (κ1) is 16.2. The predicted molar refractivity (Wildman–Crippen MR) is 83.1 cm³/mol. The van der Waals surface area contributed by atoms with Crippen LogP contribution in [-0.4, -0.2) is 29.4 Å². The van der Waals surface area contributed by atoms with Crippen LogP contribution in [0.15, 0.2) is 29.2 Å². The van der Waals surface area contributed by atoms with Gasteiger partial charge < -0.3 is 0 Å². The predicted octanol–water partition coefficient (Wildman–Crippen LogP) is 2.41. The van der Waals surface area contributed by atoms with Gasteiger partial charge in [0.2, 0.25) is 0 Å². The third-order valence-corrected chi connectivity index (χ3v) is 7.63. The molecule has 0 heterocycles. The fourth-order valence-corrected chi connectivity index (χ4v) is 6.05. The normalized spacial score (nSPS) is 18.0. The molecule has 1 saturated carbocycles. The Bertz CT molecular complexity index is 638. The lowest BCUT2D eigenvalue weighted by molar-refractivity contribution is 0.505. The molecule has 0 aromatic heterocycles. The van der Waals surface area contributed by atoms with Crippen molar-refractivity contribution in [1.82, 2.24) is 0 Å². The summed E-state index contributed by atoms with van der Waals surface area (Å²) in [4.78, 5) is 0.196. The van der Waals surface area contributed by atoms with Gasteiger partial charge in [0.15, 0.2) is 9.84 Å². The average Bonchev–Trinajstić information content (AvgIpc) is 2.53. The highest BCUT2D eigenvalue weighted by atomic mass is 32.2. The molecule has 0 N–H and O–H groups in total. The van der Waals surface area contributed by atoms with E-state index in [1.807, 2.05) is 6.07 Å². The Labute approximate surface area is 128 Å². The summed E-state index contributed by atoms with van der Waals surface area (Å²) < 4.78 is 36.6. The van der Waals surface area contributed by atoms with Crippen molar-refractivity contribution in [3.63, 3.8) is 0 Å². The molecule has 0 spiro atoms. The number of rotatable bonds is 5. The van der Waals surface area contributed by atoms with Crippen LogP contribution in [-0.2, 0) is 20.6 Å². The molecule has 21 heavy (non-hydrogen) atoms. The van der Waals surface area contributed by atoms with Crippen LogP contribution >= 0.6 is 0 Å². The minimum Gasteiger partial charge on any atom is -0.259 e. The fraction of sp³-hybridized carbons (Fsp3) is 0.533. The average molecular weight is 325 g/mol. The summed E-state index contributed by atoms with van der Waals surface area (Å²) in [7, 11) is -4.49. The minimum atomic E-state index is -3.42. The Hall–Kier alpha value is -1.19. The number of nitrogens with zero attached hydrogens (tertiary/aromatic N) is 1. The van der Waals surface area contributed by atoms with E-state index in [0.717, 1.165) is 25.7 Å². The van der Waals surface area contributed by atoms with Gasteiger partial charge in [-0.2, -0.15) is 5.26 Å². The van der Waals surface area contributed by atoms with Crippen LogP contribution in [0.5, 0.6) is 0 Å². The van der Waals surface area contributed by atoms with Gasteiger partial charge >= 0.3 is 0 Å². The maximum Gasteiger partial charge on any atom is 0.179 e. The van der Waals surface area contributed by atoms with Crippen molar-refractivity contribution < 1.29 is 12.6 Å². The highest BCUT2D eigenvalue weighted by Gasteiger charge is 2.22. The third-order valence-electron chi connectivity index (χ3n) is 3.82. The van der Waals surface area contributed by atoms with Gasteiger partial charge in [0.25, 0.3) is 0 Å². The van der Waals surface area contributed by atoms with Crippen molar-refractivity contribution in [1.29, 1.82) is 5.26 Å². The Morgan fingerprint density at radius 3 is 2.33 bits per heavy atom.